The third-order valence-corrected chi connectivity index (χ3v) is 12.5. The van der Waals surface area contributed by atoms with Gasteiger partial charge in [0.2, 0.25) is 5.91 Å². The highest BCUT2D eigenvalue weighted by Gasteiger charge is 2.25. The van der Waals surface area contributed by atoms with Crippen LogP contribution in [0, 0.1) is 0 Å². The Hall–Kier alpha value is -3.93. The van der Waals surface area contributed by atoms with Crippen molar-refractivity contribution >= 4 is 23.5 Å². The van der Waals surface area contributed by atoms with E-state index in [1.54, 1.807) is 4.90 Å². The Bertz CT molecular complexity index is 1510. The van der Waals surface area contributed by atoms with E-state index in [2.05, 4.69) is 93.7 Å². The molecule has 0 aliphatic carbocycles. The van der Waals surface area contributed by atoms with Crippen molar-refractivity contribution in [2.45, 2.75) is 258 Å². The summed E-state index contributed by atoms with van der Waals surface area (Å²) in [6, 6.07) is 9.62. The Balaban J connectivity index is 2.64. The molecule has 0 saturated heterocycles. The van der Waals surface area contributed by atoms with Crippen LogP contribution in [0.25, 0.3) is 0 Å². The van der Waals surface area contributed by atoms with Crippen molar-refractivity contribution in [2.24, 2.45) is 0 Å². The first kappa shape index (κ1) is 63.1. The highest BCUT2D eigenvalue weighted by Crippen LogP contribution is 2.20. The van der Waals surface area contributed by atoms with Crippen LogP contribution in [-0.4, -0.2) is 37.1 Å². The lowest BCUT2D eigenvalue weighted by molar-refractivity contribution is -0.158. The molecule has 0 radical (unpaired) electrons. The third kappa shape index (κ3) is 42.7. The number of esters is 2. The number of unbranched alkanes of at least 4 members (excludes halogenated alkanes) is 24. The highest BCUT2D eigenvalue weighted by molar-refractivity contribution is 5.93. The molecule has 1 amide bonds. The maximum Gasteiger partial charge on any atom is 0.306 e. The summed E-state index contributed by atoms with van der Waals surface area (Å²) in [6.45, 7) is 6.81. The fourth-order valence-corrected chi connectivity index (χ4v) is 8.17. The molecule has 1 aromatic carbocycles. The summed E-state index contributed by atoms with van der Waals surface area (Å²) in [7, 11) is 0. The zero-order chi connectivity index (χ0) is 49.8. The molecule has 0 saturated carbocycles. The van der Waals surface area contributed by atoms with Gasteiger partial charge in [-0.2, -0.15) is 0 Å². The monoisotopic (exact) mass is 954 g/mol. The Labute approximate surface area is 425 Å². The number of hydrogen-bond donors (Lipinski definition) is 0. The van der Waals surface area contributed by atoms with Gasteiger partial charge in [0.25, 0.3) is 0 Å². The van der Waals surface area contributed by atoms with Gasteiger partial charge < -0.3 is 14.4 Å². The number of rotatable bonds is 48. The maximum absolute atomic E-state index is 13.9. The molecule has 390 valence electrons. The lowest BCUT2D eigenvalue weighted by Crippen LogP contribution is -2.41. The van der Waals surface area contributed by atoms with Gasteiger partial charge in [0, 0.05) is 24.9 Å². The lowest BCUT2D eigenvalue weighted by Gasteiger charge is -2.28. The number of carbonyl (C=O) groups excluding carboxylic acids is 3. The van der Waals surface area contributed by atoms with Crippen LogP contribution in [0.4, 0.5) is 5.69 Å². The zero-order valence-corrected chi connectivity index (χ0v) is 44.8. The highest BCUT2D eigenvalue weighted by atomic mass is 16.6. The van der Waals surface area contributed by atoms with E-state index >= 15 is 0 Å². The second-order valence-corrected chi connectivity index (χ2v) is 19.1. The normalized spacial score (nSPS) is 12.5. The van der Waals surface area contributed by atoms with E-state index in [1.165, 1.54) is 77.0 Å². The standard InChI is InChI=1S/C63H103NO5/c1-4-7-10-13-16-19-22-25-28-31-34-37-40-43-49-54-61(65)64(59-52-47-46-48-53-59)57-60(69-63(67)56-51-45-42-39-36-33-30-27-24-21-18-15-12-9-6-3)58-68-62(66)55-50-44-41-38-35-32-29-26-23-20-17-14-11-8-5-2/h16-21,25-30,46-48,52-53,60H,4-15,22-24,31-45,49-51,54-58H2,1-3H3. The van der Waals surface area contributed by atoms with Gasteiger partial charge in [0.15, 0.2) is 6.10 Å². The number of para-hydroxylation sites is 1. The molecular formula is C63H103NO5. The van der Waals surface area contributed by atoms with Crippen molar-refractivity contribution in [3.8, 4) is 0 Å². The number of benzene rings is 1. The minimum atomic E-state index is -0.752. The summed E-state index contributed by atoms with van der Waals surface area (Å²) >= 11 is 0. The Morgan fingerprint density at radius 3 is 1.17 bits per heavy atom. The Kier molecular flexibility index (Phi) is 46.1. The molecule has 6 heteroatoms. The van der Waals surface area contributed by atoms with E-state index in [4.69, 9.17) is 9.47 Å². The van der Waals surface area contributed by atoms with Crippen molar-refractivity contribution in [1.82, 2.24) is 0 Å². The summed E-state index contributed by atoms with van der Waals surface area (Å²) < 4.78 is 11.8. The van der Waals surface area contributed by atoms with E-state index in [-0.39, 0.29) is 31.0 Å². The van der Waals surface area contributed by atoms with E-state index in [0.717, 1.165) is 141 Å². The van der Waals surface area contributed by atoms with Gasteiger partial charge in [0.05, 0.1) is 6.54 Å². The Morgan fingerprint density at radius 2 is 0.768 bits per heavy atom. The van der Waals surface area contributed by atoms with E-state index in [9.17, 15) is 14.4 Å². The van der Waals surface area contributed by atoms with Gasteiger partial charge in [-0.05, 0) is 128 Å². The maximum atomic E-state index is 13.9. The fourth-order valence-electron chi connectivity index (χ4n) is 8.17. The van der Waals surface area contributed by atoms with Crippen LogP contribution >= 0.6 is 0 Å². The molecule has 0 aromatic heterocycles. The summed E-state index contributed by atoms with van der Waals surface area (Å²) in [5, 5.41) is 0. The molecule has 0 aliphatic rings. The molecule has 69 heavy (non-hydrogen) atoms. The molecule has 1 unspecified atom stereocenters. The number of anilines is 1. The van der Waals surface area contributed by atoms with Crippen molar-refractivity contribution in [3.63, 3.8) is 0 Å². The van der Waals surface area contributed by atoms with Gasteiger partial charge in [-0.15, -0.1) is 0 Å². The molecule has 0 aliphatic heterocycles. The average molecular weight is 955 g/mol. The van der Waals surface area contributed by atoms with Crippen LogP contribution in [-0.2, 0) is 23.9 Å². The van der Waals surface area contributed by atoms with Gasteiger partial charge in [-0.25, -0.2) is 0 Å². The molecule has 0 bridgehead atoms. The molecule has 0 N–H and O–H groups in total. The van der Waals surface area contributed by atoms with Crippen LogP contribution in [0.2, 0.25) is 0 Å². The number of amides is 1. The van der Waals surface area contributed by atoms with Crippen LogP contribution in [0.5, 0.6) is 0 Å². The third-order valence-electron chi connectivity index (χ3n) is 12.5. The van der Waals surface area contributed by atoms with Crippen LogP contribution in [0.1, 0.15) is 252 Å². The predicted molar refractivity (Wildman–Crippen MR) is 298 cm³/mol. The topological polar surface area (TPSA) is 72.9 Å². The molecular weight excluding hydrogens is 851 g/mol. The van der Waals surface area contributed by atoms with Crippen molar-refractivity contribution in [1.29, 1.82) is 0 Å². The van der Waals surface area contributed by atoms with Crippen molar-refractivity contribution in [2.75, 3.05) is 18.1 Å². The average Bonchev–Trinajstić information content (AvgIpc) is 3.36. The van der Waals surface area contributed by atoms with Crippen molar-refractivity contribution in [3.05, 3.63) is 103 Å². The van der Waals surface area contributed by atoms with Gasteiger partial charge in [-0.3, -0.25) is 14.4 Å². The quantitative estimate of drug-likeness (QED) is 0.0370. The Morgan fingerprint density at radius 1 is 0.420 bits per heavy atom. The van der Waals surface area contributed by atoms with E-state index in [0.29, 0.717) is 19.3 Å². The lowest BCUT2D eigenvalue weighted by atomic mass is 10.1. The summed E-state index contributed by atoms with van der Waals surface area (Å²) in [5.41, 5.74) is 0.760. The SMILES string of the molecule is CCCCCC=CCC=CCCCCCCCC(=O)OCC(CN(C(=O)CCCCCCCC=CCC=CCCCCC)c1ccccc1)OC(=O)CCCCCCCC=CCC=CCCCCC. The van der Waals surface area contributed by atoms with Gasteiger partial charge in [0.1, 0.15) is 6.61 Å². The number of ether oxygens (including phenoxy) is 2. The predicted octanol–water partition coefficient (Wildman–Crippen LogP) is 18.9. The summed E-state index contributed by atoms with van der Waals surface area (Å²) in [5.74, 6) is -0.582. The minimum absolute atomic E-state index is 0.00175. The fraction of sp³-hybridized carbons (Fsp3) is 0.667. The summed E-state index contributed by atoms with van der Waals surface area (Å²) in [4.78, 5) is 41.9. The molecule has 0 spiro atoms. The van der Waals surface area contributed by atoms with Gasteiger partial charge in [-0.1, -0.05) is 208 Å². The molecule has 1 rings (SSSR count). The van der Waals surface area contributed by atoms with E-state index < -0.39 is 6.10 Å². The zero-order valence-electron chi connectivity index (χ0n) is 44.8. The first-order valence-electron chi connectivity index (χ1n) is 28.6. The molecule has 6 nitrogen and oxygen atoms in total. The van der Waals surface area contributed by atoms with Crippen LogP contribution in [0.15, 0.2) is 103 Å². The molecule has 1 atom stereocenters. The minimum Gasteiger partial charge on any atom is -0.462 e. The van der Waals surface area contributed by atoms with E-state index in [1.807, 2.05) is 30.3 Å². The second kappa shape index (κ2) is 50.5. The largest absolute Gasteiger partial charge is 0.462 e. The van der Waals surface area contributed by atoms with Crippen molar-refractivity contribution < 1.29 is 23.9 Å². The molecule has 0 heterocycles. The first-order chi connectivity index (χ1) is 34.0. The number of nitrogens with zero attached hydrogens (tertiary/aromatic N) is 1. The number of allylic oxidation sites excluding steroid dienone is 12. The van der Waals surface area contributed by atoms with Gasteiger partial charge >= 0.3 is 11.9 Å². The summed E-state index contributed by atoms with van der Waals surface area (Å²) in [6.07, 6.45) is 64.7. The van der Waals surface area contributed by atoms with Crippen LogP contribution in [0.3, 0.4) is 0 Å². The number of hydrogen-bond acceptors (Lipinski definition) is 5. The first-order valence-corrected chi connectivity index (χ1v) is 28.6. The van der Waals surface area contributed by atoms with Crippen LogP contribution < -0.4 is 4.90 Å². The molecule has 0 fully saturated rings. The molecule has 1 aromatic rings. The second-order valence-electron chi connectivity index (χ2n) is 19.1. The number of carbonyl (C=O) groups is 3. The smallest absolute Gasteiger partial charge is 0.306 e.